The lowest BCUT2D eigenvalue weighted by atomic mass is 9.96. The van der Waals surface area contributed by atoms with E-state index in [1.54, 1.807) is 11.8 Å². The van der Waals surface area contributed by atoms with Crippen molar-refractivity contribution in [3.05, 3.63) is 47.3 Å². The zero-order chi connectivity index (χ0) is 24.1. The number of halogens is 5. The van der Waals surface area contributed by atoms with Crippen LogP contribution in [0.15, 0.2) is 24.4 Å². The van der Waals surface area contributed by atoms with Gasteiger partial charge in [0.25, 0.3) is 5.91 Å². The van der Waals surface area contributed by atoms with Crippen molar-refractivity contribution in [1.29, 1.82) is 0 Å². The number of benzene rings is 1. The molecule has 1 saturated carbocycles. The Hall–Kier alpha value is -2.75. The minimum absolute atomic E-state index is 0.0722. The quantitative estimate of drug-likeness (QED) is 0.634. The van der Waals surface area contributed by atoms with Gasteiger partial charge in [0.1, 0.15) is 11.6 Å². The Kier molecular flexibility index (Phi) is 5.84. The monoisotopic (exact) mass is 468 g/mol. The zero-order valence-electron chi connectivity index (χ0n) is 18.3. The second kappa shape index (κ2) is 8.23. The summed E-state index contributed by atoms with van der Waals surface area (Å²) >= 11 is 0. The molecule has 2 atom stereocenters. The summed E-state index contributed by atoms with van der Waals surface area (Å²) in [7, 11) is 0. The fourth-order valence-electron chi connectivity index (χ4n) is 4.36. The molecule has 33 heavy (non-hydrogen) atoms. The molecule has 1 saturated heterocycles. The van der Waals surface area contributed by atoms with Crippen LogP contribution in [0.3, 0.4) is 0 Å². The SMILES string of the molecule is C[C@H](NC(=O)c1cnc(C(F)(F)F)c(-c2cc(F)cc(F)c2)c1N1CC[C@](C)(N)C1)C1CC1. The van der Waals surface area contributed by atoms with Crippen LogP contribution in [-0.2, 0) is 6.18 Å². The van der Waals surface area contributed by atoms with E-state index in [9.17, 15) is 26.7 Å². The number of hydrogen-bond acceptors (Lipinski definition) is 4. The number of nitrogens with one attached hydrogen (secondary N) is 1. The van der Waals surface area contributed by atoms with Gasteiger partial charge in [-0.25, -0.2) is 8.78 Å². The van der Waals surface area contributed by atoms with Gasteiger partial charge in [-0.3, -0.25) is 9.78 Å². The van der Waals surface area contributed by atoms with E-state index in [-0.39, 0.29) is 35.9 Å². The smallest absolute Gasteiger partial charge is 0.368 e. The number of nitrogens with two attached hydrogens (primary N) is 1. The molecule has 5 nitrogen and oxygen atoms in total. The predicted octanol–water partition coefficient (Wildman–Crippen LogP) is 4.50. The van der Waals surface area contributed by atoms with Gasteiger partial charge in [0.2, 0.25) is 0 Å². The number of carbonyl (C=O) groups excluding carboxylic acids is 1. The van der Waals surface area contributed by atoms with Crippen LogP contribution < -0.4 is 16.0 Å². The lowest BCUT2D eigenvalue weighted by Crippen LogP contribution is -2.40. The van der Waals surface area contributed by atoms with E-state index in [0.717, 1.165) is 31.2 Å². The maximum atomic E-state index is 14.0. The molecule has 3 N–H and O–H groups in total. The Morgan fingerprint density at radius 1 is 1.24 bits per heavy atom. The van der Waals surface area contributed by atoms with Gasteiger partial charge in [-0.2, -0.15) is 13.2 Å². The van der Waals surface area contributed by atoms with Gasteiger partial charge in [-0.15, -0.1) is 0 Å². The third kappa shape index (κ3) is 4.95. The molecule has 0 spiro atoms. The first-order valence-corrected chi connectivity index (χ1v) is 10.8. The molecule has 4 rings (SSSR count). The first-order valence-electron chi connectivity index (χ1n) is 10.8. The molecule has 0 unspecified atom stereocenters. The van der Waals surface area contributed by atoms with Crippen molar-refractivity contribution in [1.82, 2.24) is 10.3 Å². The molecular weight excluding hydrogens is 443 g/mol. The number of pyridine rings is 1. The Bertz CT molecular complexity index is 1060. The minimum Gasteiger partial charge on any atom is -0.368 e. The topological polar surface area (TPSA) is 71.2 Å². The standard InChI is InChI=1S/C23H25F5N4O/c1-12(13-3-4-13)31-21(33)17-10-30-20(23(26,27)28)18(14-7-15(24)9-16(25)8-14)19(17)32-6-5-22(2,29)11-32/h7-10,12-13H,3-6,11,29H2,1-2H3,(H,31,33)/t12-,22-/m0/s1. The second-order valence-corrected chi connectivity index (χ2v) is 9.33. The van der Waals surface area contributed by atoms with Crippen LogP contribution in [0.5, 0.6) is 0 Å². The van der Waals surface area contributed by atoms with E-state index >= 15 is 0 Å². The van der Waals surface area contributed by atoms with Gasteiger partial charge in [-0.1, -0.05) is 0 Å². The van der Waals surface area contributed by atoms with Gasteiger partial charge in [0, 0.05) is 42.5 Å². The van der Waals surface area contributed by atoms with E-state index < -0.39 is 40.5 Å². The van der Waals surface area contributed by atoms with Crippen LogP contribution >= 0.6 is 0 Å². The summed E-state index contributed by atoms with van der Waals surface area (Å²) in [6.45, 7) is 4.03. The molecule has 0 bridgehead atoms. The van der Waals surface area contributed by atoms with Crippen LogP contribution in [0.1, 0.15) is 49.2 Å². The largest absolute Gasteiger partial charge is 0.434 e. The molecular formula is C23H25F5N4O. The third-order valence-corrected chi connectivity index (χ3v) is 6.22. The molecule has 1 aliphatic carbocycles. The maximum absolute atomic E-state index is 14.0. The number of hydrogen-bond donors (Lipinski definition) is 2. The molecule has 2 aromatic rings. The van der Waals surface area contributed by atoms with E-state index in [2.05, 4.69) is 10.3 Å². The van der Waals surface area contributed by atoms with Crippen molar-refractivity contribution in [2.45, 2.75) is 50.9 Å². The molecule has 1 amide bonds. The third-order valence-electron chi connectivity index (χ3n) is 6.22. The summed E-state index contributed by atoms with van der Waals surface area (Å²) in [5.41, 5.74) is 3.15. The van der Waals surface area contributed by atoms with Gasteiger partial charge in [-0.05, 0) is 56.7 Å². The van der Waals surface area contributed by atoms with E-state index in [1.807, 2.05) is 6.92 Å². The molecule has 1 aromatic carbocycles. The second-order valence-electron chi connectivity index (χ2n) is 9.33. The maximum Gasteiger partial charge on any atom is 0.434 e. The van der Waals surface area contributed by atoms with Crippen molar-refractivity contribution in [3.63, 3.8) is 0 Å². The minimum atomic E-state index is -4.92. The molecule has 178 valence electrons. The first-order chi connectivity index (χ1) is 15.4. The number of nitrogens with zero attached hydrogens (tertiary/aromatic N) is 2. The summed E-state index contributed by atoms with van der Waals surface area (Å²) in [6, 6.07) is 2.03. The molecule has 1 aromatic heterocycles. The average Bonchev–Trinajstić information content (AvgIpc) is 3.48. The highest BCUT2D eigenvalue weighted by Gasteiger charge is 2.41. The van der Waals surface area contributed by atoms with Crippen LogP contribution in [-0.4, -0.2) is 35.6 Å². The van der Waals surface area contributed by atoms with Crippen molar-refractivity contribution in [2.75, 3.05) is 18.0 Å². The summed E-state index contributed by atoms with van der Waals surface area (Å²) < 4.78 is 70.1. The van der Waals surface area contributed by atoms with E-state index in [1.165, 1.54) is 0 Å². The molecule has 10 heteroatoms. The van der Waals surface area contributed by atoms with Gasteiger partial charge in [0.15, 0.2) is 5.69 Å². The number of carbonyl (C=O) groups is 1. The lowest BCUT2D eigenvalue weighted by Gasteiger charge is -2.28. The average molecular weight is 468 g/mol. The number of aromatic nitrogens is 1. The number of amides is 1. The zero-order valence-corrected chi connectivity index (χ0v) is 18.3. The van der Waals surface area contributed by atoms with Crippen LogP contribution in [0.2, 0.25) is 0 Å². The Balaban J connectivity index is 1.94. The normalized spacial score (nSPS) is 21.9. The number of rotatable bonds is 5. The van der Waals surface area contributed by atoms with Crippen molar-refractivity contribution < 1.29 is 26.7 Å². The summed E-state index contributed by atoms with van der Waals surface area (Å²) in [5.74, 6) is -2.34. The van der Waals surface area contributed by atoms with Crippen molar-refractivity contribution in [2.24, 2.45) is 11.7 Å². The van der Waals surface area contributed by atoms with Crippen LogP contribution in [0.25, 0.3) is 11.1 Å². The summed E-state index contributed by atoms with van der Waals surface area (Å²) in [5, 5.41) is 2.84. The number of anilines is 1. The van der Waals surface area contributed by atoms with Crippen LogP contribution in [0, 0.1) is 17.6 Å². The van der Waals surface area contributed by atoms with Gasteiger partial charge in [0.05, 0.1) is 11.3 Å². The highest BCUT2D eigenvalue weighted by molar-refractivity contribution is 6.04. The highest BCUT2D eigenvalue weighted by atomic mass is 19.4. The molecule has 2 heterocycles. The lowest BCUT2D eigenvalue weighted by molar-refractivity contribution is -0.140. The Morgan fingerprint density at radius 2 is 1.88 bits per heavy atom. The van der Waals surface area contributed by atoms with Crippen LogP contribution in [0.4, 0.5) is 27.6 Å². The molecule has 2 aliphatic rings. The fourth-order valence-corrected chi connectivity index (χ4v) is 4.36. The predicted molar refractivity (Wildman–Crippen MR) is 114 cm³/mol. The van der Waals surface area contributed by atoms with E-state index in [0.29, 0.717) is 18.4 Å². The van der Waals surface area contributed by atoms with Gasteiger partial charge >= 0.3 is 6.18 Å². The Morgan fingerprint density at radius 3 is 2.39 bits per heavy atom. The highest BCUT2D eigenvalue weighted by Crippen LogP contribution is 2.45. The number of alkyl halides is 3. The Labute approximate surface area is 188 Å². The van der Waals surface area contributed by atoms with Crippen molar-refractivity contribution in [3.8, 4) is 11.1 Å². The fraction of sp³-hybridized carbons (Fsp3) is 0.478. The molecule has 0 radical (unpaired) electrons. The van der Waals surface area contributed by atoms with Gasteiger partial charge < -0.3 is 16.0 Å². The first kappa shape index (κ1) is 23.4. The molecule has 2 fully saturated rings. The summed E-state index contributed by atoms with van der Waals surface area (Å²) in [4.78, 5) is 18.3. The van der Waals surface area contributed by atoms with Crippen molar-refractivity contribution >= 4 is 11.6 Å². The van der Waals surface area contributed by atoms with E-state index in [4.69, 9.17) is 5.73 Å². The molecule has 1 aliphatic heterocycles. The summed E-state index contributed by atoms with van der Waals surface area (Å²) in [6.07, 6.45) is -1.64.